The van der Waals surface area contributed by atoms with Gasteiger partial charge in [-0.05, 0) is 29.7 Å². The van der Waals surface area contributed by atoms with Gasteiger partial charge >= 0.3 is 0 Å². The number of pyridine rings is 1. The van der Waals surface area contributed by atoms with Crippen molar-refractivity contribution in [1.82, 2.24) is 4.98 Å². The van der Waals surface area contributed by atoms with Gasteiger partial charge in [0.1, 0.15) is 6.10 Å². The first-order valence-corrected chi connectivity index (χ1v) is 6.44. The summed E-state index contributed by atoms with van der Waals surface area (Å²) in [6.07, 6.45) is 2.53. The first kappa shape index (κ1) is 13.1. The lowest BCUT2D eigenvalue weighted by molar-refractivity contribution is 0.173. The van der Waals surface area contributed by atoms with Crippen molar-refractivity contribution in [1.29, 1.82) is 0 Å². The minimum Gasteiger partial charge on any atom is -0.386 e. The van der Waals surface area contributed by atoms with Gasteiger partial charge in [-0.25, -0.2) is 0 Å². The van der Waals surface area contributed by atoms with Crippen LogP contribution < -0.4 is 0 Å². The van der Waals surface area contributed by atoms with Crippen LogP contribution in [0.3, 0.4) is 0 Å². The third-order valence-electron chi connectivity index (χ3n) is 2.96. The molecule has 94 valence electrons. The molecular weight excluding hydrogens is 246 g/mol. The molecule has 0 aliphatic carbocycles. The van der Waals surface area contributed by atoms with E-state index in [-0.39, 0.29) is 0 Å². The number of hydrogen-bond acceptors (Lipinski definition) is 2. The smallest absolute Gasteiger partial charge is 0.101 e. The van der Waals surface area contributed by atoms with Crippen molar-refractivity contribution in [3.63, 3.8) is 0 Å². The van der Waals surface area contributed by atoms with Crippen molar-refractivity contribution in [2.45, 2.75) is 25.9 Å². The SMILES string of the molecule is CCc1ccc(CC(O)c2ncccc2Cl)cc1. The monoisotopic (exact) mass is 261 g/mol. The number of nitrogens with zero attached hydrogens (tertiary/aromatic N) is 1. The topological polar surface area (TPSA) is 33.1 Å². The van der Waals surface area contributed by atoms with Crippen molar-refractivity contribution in [2.75, 3.05) is 0 Å². The van der Waals surface area contributed by atoms with E-state index in [0.717, 1.165) is 12.0 Å². The average Bonchev–Trinajstić information content (AvgIpc) is 2.40. The molecule has 0 spiro atoms. The Hall–Kier alpha value is -1.38. The molecule has 3 heteroatoms. The molecule has 0 amide bonds. The van der Waals surface area contributed by atoms with Crippen molar-refractivity contribution >= 4 is 11.6 Å². The van der Waals surface area contributed by atoms with E-state index in [1.54, 1.807) is 18.3 Å². The zero-order valence-corrected chi connectivity index (χ0v) is 11.1. The lowest BCUT2D eigenvalue weighted by atomic mass is 10.0. The second-order valence-electron chi connectivity index (χ2n) is 4.26. The summed E-state index contributed by atoms with van der Waals surface area (Å²) in [7, 11) is 0. The fourth-order valence-electron chi connectivity index (χ4n) is 1.87. The van der Waals surface area contributed by atoms with Crippen LogP contribution in [0, 0.1) is 0 Å². The molecule has 1 aromatic carbocycles. The van der Waals surface area contributed by atoms with E-state index < -0.39 is 6.10 Å². The Balaban J connectivity index is 2.11. The third-order valence-corrected chi connectivity index (χ3v) is 3.28. The molecule has 2 nitrogen and oxygen atoms in total. The summed E-state index contributed by atoms with van der Waals surface area (Å²) >= 11 is 6.01. The van der Waals surface area contributed by atoms with Crippen LogP contribution in [0.1, 0.15) is 29.8 Å². The quantitative estimate of drug-likeness (QED) is 0.913. The van der Waals surface area contributed by atoms with E-state index in [2.05, 4.69) is 24.0 Å². The molecule has 18 heavy (non-hydrogen) atoms. The highest BCUT2D eigenvalue weighted by atomic mass is 35.5. The number of hydrogen-bond donors (Lipinski definition) is 1. The van der Waals surface area contributed by atoms with Gasteiger partial charge in [-0.1, -0.05) is 42.8 Å². The first-order chi connectivity index (χ1) is 8.70. The molecule has 0 bridgehead atoms. The molecule has 2 aromatic rings. The zero-order chi connectivity index (χ0) is 13.0. The molecule has 0 aliphatic heterocycles. The highest BCUT2D eigenvalue weighted by Crippen LogP contribution is 2.23. The van der Waals surface area contributed by atoms with Gasteiger partial charge < -0.3 is 5.11 Å². The second kappa shape index (κ2) is 5.98. The minimum absolute atomic E-state index is 0.509. The molecular formula is C15H16ClNO. The van der Waals surface area contributed by atoms with Crippen LogP contribution in [0.2, 0.25) is 5.02 Å². The summed E-state index contributed by atoms with van der Waals surface area (Å²) in [5.74, 6) is 0. The Morgan fingerprint density at radius 3 is 2.44 bits per heavy atom. The van der Waals surface area contributed by atoms with Gasteiger partial charge in [-0.2, -0.15) is 0 Å². The Bertz CT molecular complexity index is 510. The Morgan fingerprint density at radius 1 is 1.17 bits per heavy atom. The number of aliphatic hydroxyl groups is 1. The van der Waals surface area contributed by atoms with Crippen LogP contribution in [0.25, 0.3) is 0 Å². The Kier molecular flexibility index (Phi) is 4.34. The maximum absolute atomic E-state index is 10.1. The molecule has 2 rings (SSSR count). The minimum atomic E-state index is -0.661. The standard InChI is InChI=1S/C15H16ClNO/c1-2-11-5-7-12(8-6-11)10-14(18)15-13(16)4-3-9-17-15/h3-9,14,18H,2,10H2,1H3. The first-order valence-electron chi connectivity index (χ1n) is 6.07. The number of aliphatic hydroxyl groups excluding tert-OH is 1. The number of benzene rings is 1. The van der Waals surface area contributed by atoms with Gasteiger partial charge in [-0.3, -0.25) is 4.98 Å². The predicted molar refractivity (Wildman–Crippen MR) is 73.7 cm³/mol. The fraction of sp³-hybridized carbons (Fsp3) is 0.267. The highest BCUT2D eigenvalue weighted by molar-refractivity contribution is 6.31. The molecule has 1 N–H and O–H groups in total. The van der Waals surface area contributed by atoms with E-state index in [0.29, 0.717) is 17.1 Å². The fourth-order valence-corrected chi connectivity index (χ4v) is 2.12. The molecule has 1 aromatic heterocycles. The van der Waals surface area contributed by atoms with E-state index >= 15 is 0 Å². The Labute approximate surface area is 112 Å². The summed E-state index contributed by atoms with van der Waals surface area (Å²) in [5.41, 5.74) is 2.92. The number of halogens is 1. The normalized spacial score (nSPS) is 12.4. The van der Waals surface area contributed by atoms with Gasteiger partial charge in [0.05, 0.1) is 10.7 Å². The largest absolute Gasteiger partial charge is 0.386 e. The predicted octanol–water partition coefficient (Wildman–Crippen LogP) is 3.57. The molecule has 1 heterocycles. The molecule has 0 saturated carbocycles. The maximum Gasteiger partial charge on any atom is 0.101 e. The third kappa shape index (κ3) is 3.09. The lowest BCUT2D eigenvalue weighted by Crippen LogP contribution is -2.04. The van der Waals surface area contributed by atoms with Gasteiger partial charge in [0.15, 0.2) is 0 Å². The van der Waals surface area contributed by atoms with E-state index in [1.807, 2.05) is 12.1 Å². The van der Waals surface area contributed by atoms with Crippen molar-refractivity contribution in [3.8, 4) is 0 Å². The van der Waals surface area contributed by atoms with Crippen LogP contribution in [-0.4, -0.2) is 10.1 Å². The summed E-state index contributed by atoms with van der Waals surface area (Å²) in [6.45, 7) is 2.12. The van der Waals surface area contributed by atoms with Crippen LogP contribution in [-0.2, 0) is 12.8 Å². The van der Waals surface area contributed by atoms with E-state index in [1.165, 1.54) is 5.56 Å². The van der Waals surface area contributed by atoms with Crippen LogP contribution in [0.4, 0.5) is 0 Å². The number of rotatable bonds is 4. The summed E-state index contributed by atoms with van der Waals surface area (Å²) < 4.78 is 0. The van der Waals surface area contributed by atoms with Crippen molar-refractivity contribution in [2.24, 2.45) is 0 Å². The number of aromatic nitrogens is 1. The van der Waals surface area contributed by atoms with Crippen molar-refractivity contribution < 1.29 is 5.11 Å². The number of aryl methyl sites for hydroxylation is 1. The summed E-state index contributed by atoms with van der Waals surface area (Å²) in [6, 6.07) is 11.8. The van der Waals surface area contributed by atoms with E-state index in [9.17, 15) is 5.11 Å². The van der Waals surface area contributed by atoms with Crippen LogP contribution in [0.5, 0.6) is 0 Å². The Morgan fingerprint density at radius 2 is 1.83 bits per heavy atom. The van der Waals surface area contributed by atoms with Crippen molar-refractivity contribution in [3.05, 3.63) is 64.4 Å². The molecule has 1 atom stereocenters. The average molecular weight is 262 g/mol. The van der Waals surface area contributed by atoms with Gasteiger partial charge in [0.25, 0.3) is 0 Å². The molecule has 0 saturated heterocycles. The van der Waals surface area contributed by atoms with Gasteiger partial charge in [0.2, 0.25) is 0 Å². The molecule has 1 unspecified atom stereocenters. The second-order valence-corrected chi connectivity index (χ2v) is 4.67. The highest BCUT2D eigenvalue weighted by Gasteiger charge is 2.13. The summed E-state index contributed by atoms with van der Waals surface area (Å²) in [5, 5.41) is 10.6. The zero-order valence-electron chi connectivity index (χ0n) is 10.3. The molecule has 0 aliphatic rings. The molecule has 0 fully saturated rings. The van der Waals surface area contributed by atoms with Crippen LogP contribution >= 0.6 is 11.6 Å². The maximum atomic E-state index is 10.1. The lowest BCUT2D eigenvalue weighted by Gasteiger charge is -2.11. The molecule has 0 radical (unpaired) electrons. The summed E-state index contributed by atoms with van der Waals surface area (Å²) in [4.78, 5) is 4.13. The van der Waals surface area contributed by atoms with Gasteiger partial charge in [-0.15, -0.1) is 0 Å². The van der Waals surface area contributed by atoms with E-state index in [4.69, 9.17) is 11.6 Å². The van der Waals surface area contributed by atoms with Gasteiger partial charge in [0, 0.05) is 12.6 Å². The van der Waals surface area contributed by atoms with Crippen LogP contribution in [0.15, 0.2) is 42.6 Å².